The fraction of sp³-hybridized carbons (Fsp3) is 0.226. The molecule has 0 aliphatic carbocycles. The van der Waals surface area contributed by atoms with Crippen LogP contribution in [0.4, 0.5) is 24.5 Å². The van der Waals surface area contributed by atoms with Crippen molar-refractivity contribution in [3.8, 4) is 11.5 Å². The molecule has 2 aliphatic rings. The molecular weight excluding hydrogens is 667 g/mol. The van der Waals surface area contributed by atoms with Crippen LogP contribution in [0, 0.1) is 5.92 Å². The van der Waals surface area contributed by atoms with Crippen LogP contribution in [-0.2, 0) is 20.6 Å². The number of rotatable bonds is 8. The summed E-state index contributed by atoms with van der Waals surface area (Å²) in [7, 11) is 0. The quantitative estimate of drug-likeness (QED) is 0.208. The summed E-state index contributed by atoms with van der Waals surface area (Å²) in [5.41, 5.74) is -0.462. The van der Waals surface area contributed by atoms with E-state index in [4.69, 9.17) is 21.1 Å². The van der Waals surface area contributed by atoms with Gasteiger partial charge in [0.25, 0.3) is 5.91 Å². The highest BCUT2D eigenvalue weighted by atomic mass is 35.5. The van der Waals surface area contributed by atoms with E-state index in [0.29, 0.717) is 26.2 Å². The van der Waals surface area contributed by atoms with Crippen molar-refractivity contribution in [2.75, 3.05) is 23.4 Å². The lowest BCUT2D eigenvalue weighted by Crippen LogP contribution is -2.32. The first-order chi connectivity index (χ1) is 22.0. The lowest BCUT2D eigenvalue weighted by atomic mass is 9.83. The van der Waals surface area contributed by atoms with Crippen LogP contribution in [-0.4, -0.2) is 41.2 Å². The molecule has 3 amide bonds. The molecule has 9 nitrogen and oxygen atoms in total. The Hall–Kier alpha value is -4.27. The number of amides is 3. The first kappa shape index (κ1) is 31.7. The Labute approximate surface area is 272 Å². The maximum atomic E-state index is 13.9. The Morgan fingerprint density at radius 3 is 2.46 bits per heavy atom. The number of nitrogens with zero attached hydrogens (tertiary/aromatic N) is 1. The minimum Gasteiger partial charge on any atom is -0.490 e. The molecule has 238 valence electrons. The maximum Gasteiger partial charge on any atom is 0.418 e. The average Bonchev–Trinajstić information content (AvgIpc) is 3.50. The molecule has 0 bridgehead atoms. The van der Waals surface area contributed by atoms with Crippen molar-refractivity contribution < 1.29 is 37.0 Å². The third-order valence-corrected chi connectivity index (χ3v) is 10.1. The summed E-state index contributed by atoms with van der Waals surface area (Å²) >= 11 is 8.11. The van der Waals surface area contributed by atoms with Gasteiger partial charge in [0, 0.05) is 15.8 Å². The van der Waals surface area contributed by atoms with Crippen LogP contribution in [0.3, 0.4) is 0 Å². The number of hydrogen-bond acceptors (Lipinski definition) is 8. The molecule has 15 heteroatoms. The average molecular weight is 690 g/mol. The van der Waals surface area contributed by atoms with Crippen molar-refractivity contribution in [2.45, 2.75) is 29.3 Å². The number of alkyl halides is 3. The molecule has 1 saturated heterocycles. The van der Waals surface area contributed by atoms with Crippen LogP contribution in [0.15, 0.2) is 76.6 Å². The highest BCUT2D eigenvalue weighted by Crippen LogP contribution is 2.54. The number of H-pyrrole nitrogens is 1. The number of nitrogens with one attached hydrogen (secondary N) is 2. The molecule has 0 radical (unpaired) electrons. The summed E-state index contributed by atoms with van der Waals surface area (Å²) in [5.74, 6) is -2.90. The lowest BCUT2D eigenvalue weighted by molar-refractivity contribution is -0.137. The summed E-state index contributed by atoms with van der Waals surface area (Å²) < 4.78 is 51.5. The third kappa shape index (κ3) is 5.99. The monoisotopic (exact) mass is 689 g/mol. The number of aromatic nitrogens is 1. The number of carbonyl (C=O) groups excluding carboxylic acids is 3. The number of benzene rings is 3. The number of aromatic amines is 1. The summed E-state index contributed by atoms with van der Waals surface area (Å²) in [6.07, 6.45) is -4.66. The number of thioether (sulfide) groups is 1. The van der Waals surface area contributed by atoms with E-state index in [1.54, 1.807) is 43.3 Å². The first-order valence-corrected chi connectivity index (χ1v) is 15.9. The van der Waals surface area contributed by atoms with Crippen LogP contribution in [0.5, 0.6) is 11.5 Å². The van der Waals surface area contributed by atoms with Gasteiger partial charge >= 0.3 is 11.0 Å². The number of ether oxygens (including phenoxy) is 2. The molecule has 2 aliphatic heterocycles. The molecule has 4 aromatic rings. The van der Waals surface area contributed by atoms with Crippen molar-refractivity contribution in [3.63, 3.8) is 0 Å². The fourth-order valence-electron chi connectivity index (χ4n) is 5.50. The number of para-hydroxylation sites is 1. The molecule has 46 heavy (non-hydrogen) atoms. The van der Waals surface area contributed by atoms with Crippen LogP contribution in [0.25, 0.3) is 0 Å². The summed E-state index contributed by atoms with van der Waals surface area (Å²) in [6, 6.07) is 15.7. The van der Waals surface area contributed by atoms with E-state index in [1.165, 1.54) is 18.2 Å². The highest BCUT2D eigenvalue weighted by Gasteiger charge is 2.56. The molecule has 3 atom stereocenters. The van der Waals surface area contributed by atoms with E-state index < -0.39 is 58.8 Å². The number of anilines is 2. The molecule has 3 aromatic carbocycles. The number of halogens is 4. The van der Waals surface area contributed by atoms with Crippen molar-refractivity contribution in [3.05, 3.63) is 97.4 Å². The number of hydrogen-bond donors (Lipinski definition) is 2. The molecule has 6 rings (SSSR count). The summed E-state index contributed by atoms with van der Waals surface area (Å²) in [5, 5.41) is 2.35. The van der Waals surface area contributed by atoms with Gasteiger partial charge in [-0.05, 0) is 61.0 Å². The minimum atomic E-state index is -4.66. The second kappa shape index (κ2) is 12.5. The first-order valence-electron chi connectivity index (χ1n) is 13.8. The zero-order valence-corrected chi connectivity index (χ0v) is 26.1. The molecule has 0 saturated carbocycles. The van der Waals surface area contributed by atoms with E-state index in [2.05, 4.69) is 10.3 Å². The van der Waals surface area contributed by atoms with Gasteiger partial charge in [0.05, 0.1) is 34.5 Å². The van der Waals surface area contributed by atoms with Gasteiger partial charge in [-0.15, -0.1) is 0 Å². The Kier molecular flexibility index (Phi) is 8.61. The summed E-state index contributed by atoms with van der Waals surface area (Å²) in [4.78, 5) is 56.7. The fourth-order valence-corrected chi connectivity index (χ4v) is 8.14. The van der Waals surface area contributed by atoms with E-state index in [0.717, 1.165) is 40.1 Å². The standard InChI is InChI=1S/C31H23ClF3N3O6S2/c1-2-43-21-13-15(7-12-20(21)44-14-22(39)36-19-6-4-3-5-18(19)31(33,34)35)23-24-26(45-27-25(23)46-30(42)37-27)29(41)38(28(24)40)17-10-8-16(32)9-11-17/h3-13,23-24,26H,2,14H2,1H3,(H,36,39)(H,37,42). The largest absolute Gasteiger partial charge is 0.490 e. The third-order valence-electron chi connectivity index (χ3n) is 7.40. The number of carbonyl (C=O) groups is 3. The van der Waals surface area contributed by atoms with E-state index in [-0.39, 0.29) is 23.0 Å². The second-order valence-electron chi connectivity index (χ2n) is 10.3. The predicted molar refractivity (Wildman–Crippen MR) is 167 cm³/mol. The van der Waals surface area contributed by atoms with Gasteiger partial charge in [0.2, 0.25) is 11.8 Å². The summed E-state index contributed by atoms with van der Waals surface area (Å²) in [6.45, 7) is 1.30. The molecule has 1 aromatic heterocycles. The SMILES string of the molecule is CCOc1cc(C2c3sc(=O)[nH]c3SC3C(=O)N(c4ccc(Cl)cc4)C(=O)C32)ccc1OCC(=O)Nc1ccccc1C(F)(F)F. The minimum absolute atomic E-state index is 0.130. The number of imide groups is 1. The second-order valence-corrected chi connectivity index (χ2v) is 12.9. The maximum absolute atomic E-state index is 13.9. The molecule has 2 N–H and O–H groups in total. The lowest BCUT2D eigenvalue weighted by Gasteiger charge is -2.30. The van der Waals surface area contributed by atoms with Crippen molar-refractivity contribution >= 4 is 63.8 Å². The zero-order valence-electron chi connectivity index (χ0n) is 23.7. The highest BCUT2D eigenvalue weighted by molar-refractivity contribution is 8.00. The topological polar surface area (TPSA) is 118 Å². The smallest absolute Gasteiger partial charge is 0.418 e. The zero-order chi connectivity index (χ0) is 32.7. The van der Waals surface area contributed by atoms with Gasteiger partial charge in [-0.1, -0.05) is 52.9 Å². The number of thiazole rings is 1. The van der Waals surface area contributed by atoms with Crippen LogP contribution in [0.1, 0.15) is 28.8 Å². The van der Waals surface area contributed by atoms with E-state index >= 15 is 0 Å². The molecular formula is C31H23ClF3N3O6S2. The molecule has 1 fully saturated rings. The van der Waals surface area contributed by atoms with Crippen molar-refractivity contribution in [2.24, 2.45) is 5.92 Å². The van der Waals surface area contributed by atoms with E-state index in [1.807, 2.05) is 0 Å². The van der Waals surface area contributed by atoms with Gasteiger partial charge in [-0.3, -0.25) is 19.2 Å². The Bertz CT molecular complexity index is 1900. The van der Waals surface area contributed by atoms with Gasteiger partial charge in [0.1, 0.15) is 5.25 Å². The van der Waals surface area contributed by atoms with Crippen molar-refractivity contribution in [1.82, 2.24) is 4.98 Å². The van der Waals surface area contributed by atoms with Gasteiger partial charge < -0.3 is 19.8 Å². The van der Waals surface area contributed by atoms with Crippen molar-refractivity contribution in [1.29, 1.82) is 0 Å². The Balaban J connectivity index is 1.29. The molecule has 0 spiro atoms. The normalized spacial score (nSPS) is 19.1. The molecule has 3 heterocycles. The van der Waals surface area contributed by atoms with Gasteiger partial charge in [-0.2, -0.15) is 13.2 Å². The van der Waals surface area contributed by atoms with Gasteiger partial charge in [0.15, 0.2) is 18.1 Å². The Morgan fingerprint density at radius 1 is 1.00 bits per heavy atom. The van der Waals surface area contributed by atoms with Gasteiger partial charge in [-0.25, -0.2) is 4.90 Å². The van der Waals surface area contributed by atoms with Crippen LogP contribution < -0.4 is 24.6 Å². The van der Waals surface area contributed by atoms with E-state index in [9.17, 15) is 32.3 Å². The van der Waals surface area contributed by atoms with Crippen LogP contribution >= 0.6 is 34.7 Å². The number of fused-ring (bicyclic) bond motifs is 2. The Morgan fingerprint density at radius 2 is 1.74 bits per heavy atom. The van der Waals surface area contributed by atoms with Crippen LogP contribution in [0.2, 0.25) is 5.02 Å². The molecule has 3 unspecified atom stereocenters. The predicted octanol–water partition coefficient (Wildman–Crippen LogP) is 6.32.